The molecular weight excluding hydrogens is 202 g/mol. The highest BCUT2D eigenvalue weighted by Gasteiger charge is 2.22. The van der Waals surface area contributed by atoms with Gasteiger partial charge in [0.15, 0.2) is 0 Å². The average Bonchev–Trinajstić information content (AvgIpc) is 2.20. The van der Waals surface area contributed by atoms with Crippen molar-refractivity contribution < 1.29 is 0 Å². The first-order valence-electron chi connectivity index (χ1n) is 6.18. The minimum atomic E-state index is 1.07. The molecule has 1 rings (SSSR count). The number of hydrogen-bond acceptors (Lipinski definition) is 5. The summed E-state index contributed by atoms with van der Waals surface area (Å²) in [6.45, 7) is 7.91. The van der Waals surface area contributed by atoms with E-state index >= 15 is 0 Å². The maximum absolute atomic E-state index is 2.54. The predicted molar refractivity (Wildman–Crippen MR) is 67.5 cm³/mol. The normalized spacial score (nSPS) is 23.6. The Morgan fingerprint density at radius 3 is 1.81 bits per heavy atom. The van der Waals surface area contributed by atoms with Gasteiger partial charge in [-0.2, -0.15) is 0 Å². The topological polar surface area (TPSA) is 16.2 Å². The van der Waals surface area contributed by atoms with Crippen LogP contribution in [0.5, 0.6) is 0 Å². The van der Waals surface area contributed by atoms with Gasteiger partial charge in [0.25, 0.3) is 0 Å². The lowest BCUT2D eigenvalue weighted by Gasteiger charge is -2.45. The van der Waals surface area contributed by atoms with Crippen LogP contribution in [0.4, 0.5) is 0 Å². The summed E-state index contributed by atoms with van der Waals surface area (Å²) in [5, 5.41) is 8.85. The van der Waals surface area contributed by atoms with Gasteiger partial charge in [0.2, 0.25) is 0 Å². The van der Waals surface area contributed by atoms with E-state index < -0.39 is 0 Å². The molecule has 1 fully saturated rings. The van der Waals surface area contributed by atoms with E-state index in [2.05, 4.69) is 60.3 Å². The van der Waals surface area contributed by atoms with Crippen molar-refractivity contribution in [3.8, 4) is 0 Å². The maximum atomic E-state index is 2.54. The van der Waals surface area contributed by atoms with E-state index in [-0.39, 0.29) is 0 Å². The van der Waals surface area contributed by atoms with Gasteiger partial charge < -0.3 is 4.90 Å². The zero-order chi connectivity index (χ0) is 12.1. The lowest BCUT2D eigenvalue weighted by atomic mass is 10.3. The average molecular weight is 229 g/mol. The summed E-state index contributed by atoms with van der Waals surface area (Å²) in [6.07, 6.45) is 1.24. The molecule has 5 heteroatoms. The molecule has 0 radical (unpaired) electrons. The largest absolute Gasteiger partial charge is 0.301 e. The van der Waals surface area contributed by atoms with Crippen LogP contribution in [0.3, 0.4) is 0 Å². The number of rotatable bonds is 3. The summed E-state index contributed by atoms with van der Waals surface area (Å²) in [7, 11) is 8.45. The molecule has 16 heavy (non-hydrogen) atoms. The summed E-state index contributed by atoms with van der Waals surface area (Å²) in [5.41, 5.74) is 0. The van der Waals surface area contributed by atoms with Crippen LogP contribution in [0.1, 0.15) is 13.3 Å². The van der Waals surface area contributed by atoms with Gasteiger partial charge in [-0.25, -0.2) is 15.0 Å². The third-order valence-corrected chi connectivity index (χ3v) is 2.99. The van der Waals surface area contributed by atoms with Gasteiger partial charge in [0, 0.05) is 54.4 Å². The summed E-state index contributed by atoms with van der Waals surface area (Å²) >= 11 is 0. The Morgan fingerprint density at radius 1 is 0.938 bits per heavy atom. The predicted octanol–water partition coefficient (Wildman–Crippen LogP) is 0.184. The van der Waals surface area contributed by atoms with E-state index in [0.29, 0.717) is 0 Å². The Bertz CT molecular complexity index is 183. The standard InChI is InChI=1S/C11H27N5/c1-6-7-15-10-8-13(4)16(12(2)3)14(5)9-11-15/h6-11H2,1-5H3. The lowest BCUT2D eigenvalue weighted by Crippen LogP contribution is -2.60. The molecule has 0 aliphatic carbocycles. The number of likely N-dealkylation sites (N-methyl/N-ethyl adjacent to an activating group) is 2. The van der Waals surface area contributed by atoms with Crippen molar-refractivity contribution in [1.29, 1.82) is 0 Å². The first-order valence-corrected chi connectivity index (χ1v) is 6.18. The van der Waals surface area contributed by atoms with Crippen molar-refractivity contribution in [3.05, 3.63) is 0 Å². The van der Waals surface area contributed by atoms with Gasteiger partial charge in [-0.05, 0) is 13.0 Å². The van der Waals surface area contributed by atoms with Gasteiger partial charge in [-0.15, -0.1) is 5.23 Å². The third-order valence-electron chi connectivity index (χ3n) is 2.99. The molecule has 0 N–H and O–H groups in total. The Balaban J connectivity index is 2.57. The smallest absolute Gasteiger partial charge is 0.0285 e. The molecule has 0 atom stereocenters. The van der Waals surface area contributed by atoms with Crippen LogP contribution >= 0.6 is 0 Å². The quantitative estimate of drug-likeness (QED) is 0.684. The van der Waals surface area contributed by atoms with Crippen molar-refractivity contribution in [3.63, 3.8) is 0 Å². The Hall–Kier alpha value is -0.200. The van der Waals surface area contributed by atoms with Crippen LogP contribution in [0.2, 0.25) is 0 Å². The van der Waals surface area contributed by atoms with Crippen LogP contribution in [-0.2, 0) is 0 Å². The van der Waals surface area contributed by atoms with Crippen LogP contribution in [0.25, 0.3) is 0 Å². The van der Waals surface area contributed by atoms with Gasteiger partial charge in [-0.3, -0.25) is 0 Å². The molecule has 0 unspecified atom stereocenters. The zero-order valence-corrected chi connectivity index (χ0v) is 11.5. The molecule has 0 amide bonds. The number of hydrazine groups is 3. The molecule has 1 aliphatic heterocycles. The molecule has 96 valence electrons. The van der Waals surface area contributed by atoms with Gasteiger partial charge in [0.05, 0.1) is 0 Å². The molecule has 0 aromatic heterocycles. The zero-order valence-electron chi connectivity index (χ0n) is 11.5. The van der Waals surface area contributed by atoms with Crippen molar-refractivity contribution in [2.45, 2.75) is 13.3 Å². The van der Waals surface area contributed by atoms with Gasteiger partial charge >= 0.3 is 0 Å². The monoisotopic (exact) mass is 229 g/mol. The third kappa shape index (κ3) is 3.68. The second-order valence-corrected chi connectivity index (χ2v) is 4.72. The first kappa shape index (κ1) is 13.9. The lowest BCUT2D eigenvalue weighted by molar-refractivity contribution is -0.281. The molecule has 0 aromatic carbocycles. The fraction of sp³-hybridized carbons (Fsp3) is 1.00. The molecule has 0 spiro atoms. The van der Waals surface area contributed by atoms with Gasteiger partial charge in [-0.1, -0.05) is 6.92 Å². The van der Waals surface area contributed by atoms with Crippen molar-refractivity contribution in [1.82, 2.24) is 25.2 Å². The fourth-order valence-corrected chi connectivity index (χ4v) is 2.27. The van der Waals surface area contributed by atoms with Crippen LogP contribution in [-0.4, -0.2) is 86.1 Å². The second-order valence-electron chi connectivity index (χ2n) is 4.72. The Kier molecular flexibility index (Phi) is 5.64. The highest BCUT2D eigenvalue weighted by molar-refractivity contribution is 4.64. The number of hydrogen-bond donors (Lipinski definition) is 0. The molecule has 1 heterocycles. The van der Waals surface area contributed by atoms with Crippen molar-refractivity contribution in [2.24, 2.45) is 0 Å². The minimum absolute atomic E-state index is 1.07. The van der Waals surface area contributed by atoms with Crippen LogP contribution in [0.15, 0.2) is 0 Å². The van der Waals surface area contributed by atoms with Crippen LogP contribution in [0, 0.1) is 0 Å². The van der Waals surface area contributed by atoms with E-state index in [9.17, 15) is 0 Å². The SMILES string of the molecule is CCCN1CCN(C)N(N(C)C)N(C)CC1. The van der Waals surface area contributed by atoms with E-state index in [1.54, 1.807) is 0 Å². The summed E-state index contributed by atoms with van der Waals surface area (Å²) in [6, 6.07) is 0. The minimum Gasteiger partial charge on any atom is -0.301 e. The maximum Gasteiger partial charge on any atom is 0.0285 e. The van der Waals surface area contributed by atoms with Gasteiger partial charge in [0.1, 0.15) is 0 Å². The fourth-order valence-electron chi connectivity index (χ4n) is 2.27. The highest BCUT2D eigenvalue weighted by Crippen LogP contribution is 2.06. The van der Waals surface area contributed by atoms with Crippen molar-refractivity contribution in [2.75, 3.05) is 60.9 Å². The molecule has 1 saturated heterocycles. The molecular formula is C11H27N5. The molecule has 0 saturated carbocycles. The van der Waals surface area contributed by atoms with E-state index in [1.807, 2.05) is 0 Å². The summed E-state index contributed by atoms with van der Waals surface area (Å²) < 4.78 is 0. The Morgan fingerprint density at radius 2 is 1.44 bits per heavy atom. The van der Waals surface area contributed by atoms with E-state index in [0.717, 1.165) is 26.2 Å². The molecule has 0 aromatic rings. The van der Waals surface area contributed by atoms with E-state index in [1.165, 1.54) is 13.0 Å². The highest BCUT2D eigenvalue weighted by atomic mass is 16.0. The van der Waals surface area contributed by atoms with Crippen molar-refractivity contribution >= 4 is 0 Å². The first-order chi connectivity index (χ1) is 7.56. The summed E-state index contributed by atoms with van der Waals surface area (Å²) in [4.78, 5) is 2.54. The molecule has 0 bridgehead atoms. The molecule has 5 nitrogen and oxygen atoms in total. The van der Waals surface area contributed by atoms with Crippen LogP contribution < -0.4 is 0 Å². The Labute approximate surface area is 100 Å². The molecule has 1 aliphatic rings. The van der Waals surface area contributed by atoms with E-state index in [4.69, 9.17) is 0 Å². The summed E-state index contributed by atoms with van der Waals surface area (Å²) in [5.74, 6) is 0. The second kappa shape index (κ2) is 6.51. The number of nitrogens with zero attached hydrogens (tertiary/aromatic N) is 5.